The number of nitro groups is 1. The number of benzene rings is 1. The maximum absolute atomic E-state index is 10.6. The highest BCUT2D eigenvalue weighted by Crippen LogP contribution is 2.28. The molecule has 104 valence electrons. The quantitative estimate of drug-likeness (QED) is 0.667. The molecule has 0 bridgehead atoms. The summed E-state index contributed by atoms with van der Waals surface area (Å²) in [6.07, 6.45) is 3.38. The normalized spacial score (nSPS) is 16.3. The van der Waals surface area contributed by atoms with E-state index in [4.69, 9.17) is 16.3 Å². The van der Waals surface area contributed by atoms with Crippen molar-refractivity contribution in [3.05, 3.63) is 33.3 Å². The number of hydrogen-bond acceptors (Lipinski definition) is 4. The zero-order chi connectivity index (χ0) is 13.7. The minimum atomic E-state index is -0.499. The Kier molecular flexibility index (Phi) is 4.99. The highest BCUT2D eigenvalue weighted by Gasteiger charge is 2.14. The molecule has 19 heavy (non-hydrogen) atoms. The van der Waals surface area contributed by atoms with Crippen molar-refractivity contribution in [2.24, 2.45) is 5.92 Å². The topological polar surface area (TPSA) is 64.4 Å². The van der Waals surface area contributed by atoms with Gasteiger partial charge < -0.3 is 10.1 Å². The van der Waals surface area contributed by atoms with Crippen LogP contribution in [0.3, 0.4) is 0 Å². The van der Waals surface area contributed by atoms with Gasteiger partial charge in [-0.25, -0.2) is 0 Å². The molecule has 0 saturated carbocycles. The summed E-state index contributed by atoms with van der Waals surface area (Å²) in [5.74, 6) is 1.29. The van der Waals surface area contributed by atoms with Crippen molar-refractivity contribution in [3.8, 4) is 5.75 Å². The lowest BCUT2D eigenvalue weighted by molar-refractivity contribution is -0.384. The second kappa shape index (κ2) is 6.73. The fraction of sp³-hybridized carbons (Fsp3) is 0.538. The summed E-state index contributed by atoms with van der Waals surface area (Å²) < 4.78 is 5.60. The Labute approximate surface area is 117 Å². The van der Waals surface area contributed by atoms with Crippen LogP contribution in [0.1, 0.15) is 19.3 Å². The minimum absolute atomic E-state index is 0.0904. The van der Waals surface area contributed by atoms with Crippen molar-refractivity contribution < 1.29 is 9.66 Å². The van der Waals surface area contributed by atoms with E-state index in [2.05, 4.69) is 5.32 Å². The van der Waals surface area contributed by atoms with Gasteiger partial charge in [-0.05, 0) is 44.3 Å². The Morgan fingerprint density at radius 2 is 2.16 bits per heavy atom. The fourth-order valence-electron chi connectivity index (χ4n) is 2.24. The van der Waals surface area contributed by atoms with E-state index >= 15 is 0 Å². The number of piperidine rings is 1. The monoisotopic (exact) mass is 284 g/mol. The van der Waals surface area contributed by atoms with Crippen molar-refractivity contribution in [2.45, 2.75) is 19.3 Å². The second-order valence-electron chi connectivity index (χ2n) is 4.70. The maximum atomic E-state index is 10.6. The van der Waals surface area contributed by atoms with E-state index in [0.29, 0.717) is 18.3 Å². The third-order valence-electron chi connectivity index (χ3n) is 3.37. The van der Waals surface area contributed by atoms with Gasteiger partial charge in [0.1, 0.15) is 10.8 Å². The molecule has 0 aliphatic carbocycles. The molecular formula is C13H17ClN2O3. The van der Waals surface area contributed by atoms with E-state index in [1.807, 2.05) is 0 Å². The number of hydrogen-bond donors (Lipinski definition) is 1. The van der Waals surface area contributed by atoms with Crippen molar-refractivity contribution in [3.63, 3.8) is 0 Å². The lowest BCUT2D eigenvalue weighted by atomic mass is 9.95. The highest BCUT2D eigenvalue weighted by atomic mass is 35.5. The first kappa shape index (κ1) is 14.1. The van der Waals surface area contributed by atoms with Crippen LogP contribution in [0.15, 0.2) is 18.2 Å². The average molecular weight is 285 g/mol. The summed E-state index contributed by atoms with van der Waals surface area (Å²) in [4.78, 5) is 10.1. The summed E-state index contributed by atoms with van der Waals surface area (Å²) in [6.45, 7) is 2.78. The van der Waals surface area contributed by atoms with Gasteiger partial charge in [0.25, 0.3) is 5.69 Å². The summed E-state index contributed by atoms with van der Waals surface area (Å²) in [7, 11) is 0. The lowest BCUT2D eigenvalue weighted by Crippen LogP contribution is -2.28. The first-order valence-corrected chi connectivity index (χ1v) is 6.82. The molecule has 6 heteroatoms. The molecule has 2 rings (SSSR count). The lowest BCUT2D eigenvalue weighted by Gasteiger charge is -2.22. The van der Waals surface area contributed by atoms with E-state index in [0.717, 1.165) is 19.5 Å². The van der Waals surface area contributed by atoms with Gasteiger partial charge in [-0.1, -0.05) is 11.6 Å². The van der Waals surface area contributed by atoms with Crippen LogP contribution in [-0.2, 0) is 0 Å². The van der Waals surface area contributed by atoms with Crippen LogP contribution in [0.2, 0.25) is 5.02 Å². The van der Waals surface area contributed by atoms with Gasteiger partial charge in [0.2, 0.25) is 0 Å². The van der Waals surface area contributed by atoms with Gasteiger partial charge in [-0.15, -0.1) is 0 Å². The Hall–Kier alpha value is -1.33. The Balaban J connectivity index is 1.82. The molecule has 1 saturated heterocycles. The third-order valence-corrected chi connectivity index (χ3v) is 3.67. The van der Waals surface area contributed by atoms with Crippen molar-refractivity contribution in [1.29, 1.82) is 0 Å². The van der Waals surface area contributed by atoms with E-state index in [9.17, 15) is 10.1 Å². The van der Waals surface area contributed by atoms with Gasteiger partial charge in [0.15, 0.2) is 0 Å². The highest BCUT2D eigenvalue weighted by molar-refractivity contribution is 6.32. The molecule has 1 heterocycles. The summed E-state index contributed by atoms with van der Waals surface area (Å²) in [6, 6.07) is 4.47. The van der Waals surface area contributed by atoms with Crippen LogP contribution in [0.4, 0.5) is 5.69 Å². The van der Waals surface area contributed by atoms with Gasteiger partial charge in [-0.3, -0.25) is 10.1 Å². The first-order valence-electron chi connectivity index (χ1n) is 6.44. The number of rotatable bonds is 5. The molecule has 0 amide bonds. The van der Waals surface area contributed by atoms with E-state index < -0.39 is 4.92 Å². The maximum Gasteiger partial charge on any atom is 0.288 e. The van der Waals surface area contributed by atoms with Crippen LogP contribution >= 0.6 is 11.6 Å². The Bertz CT molecular complexity index is 448. The first-order chi connectivity index (χ1) is 9.16. The zero-order valence-corrected chi connectivity index (χ0v) is 11.4. The minimum Gasteiger partial charge on any atom is -0.494 e. The largest absolute Gasteiger partial charge is 0.494 e. The molecule has 1 aromatic carbocycles. The van der Waals surface area contributed by atoms with Crippen molar-refractivity contribution in [1.82, 2.24) is 5.32 Å². The van der Waals surface area contributed by atoms with E-state index in [-0.39, 0.29) is 10.7 Å². The van der Waals surface area contributed by atoms with Crippen molar-refractivity contribution in [2.75, 3.05) is 19.7 Å². The van der Waals surface area contributed by atoms with Gasteiger partial charge >= 0.3 is 0 Å². The molecule has 0 aromatic heterocycles. The number of nitrogens with one attached hydrogen (secondary N) is 1. The molecule has 1 aliphatic rings. The second-order valence-corrected chi connectivity index (χ2v) is 5.11. The van der Waals surface area contributed by atoms with Gasteiger partial charge in [-0.2, -0.15) is 0 Å². The van der Waals surface area contributed by atoms with Crippen LogP contribution in [-0.4, -0.2) is 24.6 Å². The number of ether oxygens (including phenoxy) is 1. The summed E-state index contributed by atoms with van der Waals surface area (Å²) in [5, 5.41) is 14.1. The number of nitro benzene ring substituents is 1. The number of nitrogens with zero attached hydrogens (tertiary/aromatic N) is 1. The van der Waals surface area contributed by atoms with Crippen molar-refractivity contribution >= 4 is 17.3 Å². The molecular weight excluding hydrogens is 268 g/mol. The summed E-state index contributed by atoms with van der Waals surface area (Å²) >= 11 is 5.82. The molecule has 1 fully saturated rings. The molecule has 1 N–H and O–H groups in total. The van der Waals surface area contributed by atoms with Gasteiger partial charge in [0.05, 0.1) is 11.5 Å². The predicted octanol–water partition coefficient (Wildman–Crippen LogP) is 3.02. The predicted molar refractivity (Wildman–Crippen MR) is 73.8 cm³/mol. The fourth-order valence-corrected chi connectivity index (χ4v) is 2.48. The smallest absolute Gasteiger partial charge is 0.288 e. The van der Waals surface area contributed by atoms with Crippen LogP contribution in [0.25, 0.3) is 0 Å². The molecule has 1 aliphatic heterocycles. The molecule has 0 atom stereocenters. The molecule has 0 spiro atoms. The molecule has 0 unspecified atom stereocenters. The Morgan fingerprint density at radius 3 is 2.79 bits per heavy atom. The zero-order valence-electron chi connectivity index (χ0n) is 10.6. The average Bonchev–Trinajstić information content (AvgIpc) is 2.39. The third kappa shape index (κ3) is 4.08. The SMILES string of the molecule is O=[N+]([O-])c1ccc(OCCC2CCNCC2)cc1Cl. The standard InChI is InChI=1S/C13H17ClN2O3/c14-12-9-11(1-2-13(12)16(17)18)19-8-5-10-3-6-15-7-4-10/h1-2,9-10,15H,3-8H2. The van der Waals surface area contributed by atoms with Crippen LogP contribution in [0, 0.1) is 16.0 Å². The molecule has 1 aromatic rings. The van der Waals surface area contributed by atoms with E-state index in [1.165, 1.54) is 25.0 Å². The van der Waals surface area contributed by atoms with Crippen LogP contribution in [0.5, 0.6) is 5.75 Å². The summed E-state index contributed by atoms with van der Waals surface area (Å²) in [5.41, 5.74) is -0.0904. The van der Waals surface area contributed by atoms with Crippen LogP contribution < -0.4 is 10.1 Å². The molecule has 0 radical (unpaired) electrons. The van der Waals surface area contributed by atoms with E-state index in [1.54, 1.807) is 6.07 Å². The molecule has 5 nitrogen and oxygen atoms in total. The Morgan fingerprint density at radius 1 is 1.42 bits per heavy atom. The van der Waals surface area contributed by atoms with Gasteiger partial charge in [0, 0.05) is 12.1 Å². The number of halogens is 1.